The number of aliphatic imine (C=N–C) groups is 1. The molecule has 0 saturated heterocycles. The normalized spacial score (nSPS) is 11.0. The van der Waals surface area contributed by atoms with Crippen LogP contribution in [0.15, 0.2) is 23.2 Å². The van der Waals surface area contributed by atoms with Crippen LogP contribution in [-0.2, 0) is 11.3 Å². The molecule has 1 aromatic rings. The molecule has 0 radical (unpaired) electrons. The third-order valence-corrected chi connectivity index (χ3v) is 2.59. The van der Waals surface area contributed by atoms with E-state index in [-0.39, 0.29) is 12.4 Å². The molecule has 0 aliphatic heterocycles. The number of nitrogens with zero attached hydrogens (tertiary/aromatic N) is 2. The van der Waals surface area contributed by atoms with Crippen LogP contribution in [-0.4, -0.2) is 32.8 Å². The summed E-state index contributed by atoms with van der Waals surface area (Å²) in [5.41, 5.74) is 0.860. The average molecular weight is 278 g/mol. The predicted molar refractivity (Wildman–Crippen MR) is 75.8 cm³/mol. The number of halogens is 1. The number of nitriles is 1. The van der Waals surface area contributed by atoms with Crippen molar-refractivity contribution < 1.29 is 9.13 Å². The second kappa shape index (κ2) is 8.88. The summed E-state index contributed by atoms with van der Waals surface area (Å²) in [5, 5.41) is 14.8. The van der Waals surface area contributed by atoms with Crippen LogP contribution in [0.4, 0.5) is 4.39 Å². The van der Waals surface area contributed by atoms with Crippen molar-refractivity contribution in [1.29, 1.82) is 5.26 Å². The van der Waals surface area contributed by atoms with Gasteiger partial charge in [0.15, 0.2) is 5.96 Å². The highest BCUT2D eigenvalue weighted by Crippen LogP contribution is 2.09. The summed E-state index contributed by atoms with van der Waals surface area (Å²) in [4.78, 5) is 4.02. The van der Waals surface area contributed by atoms with Gasteiger partial charge < -0.3 is 15.4 Å². The van der Waals surface area contributed by atoms with Crippen molar-refractivity contribution >= 4 is 5.96 Å². The minimum Gasteiger partial charge on any atom is -0.380 e. The molecule has 1 rings (SSSR count). The number of nitrogens with one attached hydrogen (secondary N) is 2. The van der Waals surface area contributed by atoms with Gasteiger partial charge in [-0.3, -0.25) is 4.99 Å². The highest BCUT2D eigenvalue weighted by Gasteiger charge is 2.05. The maximum absolute atomic E-state index is 13.6. The number of hydrogen-bond donors (Lipinski definition) is 2. The quantitative estimate of drug-likeness (QED) is 0.469. The first-order valence-corrected chi connectivity index (χ1v) is 6.42. The van der Waals surface area contributed by atoms with Gasteiger partial charge in [-0.15, -0.1) is 0 Å². The van der Waals surface area contributed by atoms with Crippen molar-refractivity contribution in [3.05, 3.63) is 35.1 Å². The molecule has 0 aliphatic rings. The highest BCUT2D eigenvalue weighted by atomic mass is 19.1. The molecular weight excluding hydrogens is 259 g/mol. The van der Waals surface area contributed by atoms with Gasteiger partial charge in [-0.2, -0.15) is 5.26 Å². The van der Waals surface area contributed by atoms with Crippen molar-refractivity contribution in [1.82, 2.24) is 10.6 Å². The molecule has 0 fully saturated rings. The number of rotatable bonds is 6. The van der Waals surface area contributed by atoms with Gasteiger partial charge in [0.2, 0.25) is 0 Å². The fourth-order valence-corrected chi connectivity index (χ4v) is 1.57. The number of guanidine groups is 1. The summed E-state index contributed by atoms with van der Waals surface area (Å²) < 4.78 is 18.8. The van der Waals surface area contributed by atoms with Crippen molar-refractivity contribution in [2.75, 3.05) is 26.8 Å². The first kappa shape index (κ1) is 15.9. The van der Waals surface area contributed by atoms with Crippen LogP contribution < -0.4 is 10.6 Å². The zero-order valence-corrected chi connectivity index (χ0v) is 11.7. The molecule has 5 nitrogen and oxygen atoms in total. The molecule has 0 aromatic heterocycles. The third-order valence-electron chi connectivity index (χ3n) is 2.59. The van der Waals surface area contributed by atoms with E-state index in [1.54, 1.807) is 7.05 Å². The van der Waals surface area contributed by atoms with Gasteiger partial charge >= 0.3 is 0 Å². The van der Waals surface area contributed by atoms with E-state index in [1.165, 1.54) is 18.2 Å². The Kier molecular flexibility index (Phi) is 7.07. The van der Waals surface area contributed by atoms with Crippen LogP contribution >= 0.6 is 0 Å². The van der Waals surface area contributed by atoms with E-state index in [4.69, 9.17) is 10.00 Å². The summed E-state index contributed by atoms with van der Waals surface area (Å²) in [7, 11) is 1.64. The van der Waals surface area contributed by atoms with Crippen molar-refractivity contribution in [2.24, 2.45) is 4.99 Å². The summed E-state index contributed by atoms with van der Waals surface area (Å²) in [6.07, 6.45) is 0. The van der Waals surface area contributed by atoms with E-state index in [0.29, 0.717) is 36.8 Å². The van der Waals surface area contributed by atoms with Gasteiger partial charge in [-0.05, 0) is 25.1 Å². The minimum absolute atomic E-state index is 0.260. The maximum Gasteiger partial charge on any atom is 0.191 e. The number of benzene rings is 1. The van der Waals surface area contributed by atoms with E-state index < -0.39 is 0 Å². The van der Waals surface area contributed by atoms with Gasteiger partial charge in [0, 0.05) is 32.3 Å². The molecule has 0 unspecified atom stereocenters. The molecule has 0 spiro atoms. The Morgan fingerprint density at radius 2 is 2.25 bits per heavy atom. The third kappa shape index (κ3) is 5.24. The van der Waals surface area contributed by atoms with Crippen LogP contribution in [0, 0.1) is 17.1 Å². The maximum atomic E-state index is 13.6. The molecular formula is C14H19FN4O. The summed E-state index contributed by atoms with van der Waals surface area (Å²) in [6, 6.07) is 6.26. The Balaban J connectivity index is 2.50. The second-order valence-electron chi connectivity index (χ2n) is 3.97. The molecule has 1 aromatic carbocycles. The number of ether oxygens (including phenoxy) is 1. The van der Waals surface area contributed by atoms with Crippen LogP contribution in [0.1, 0.15) is 18.1 Å². The minimum atomic E-state index is -0.346. The highest BCUT2D eigenvalue weighted by molar-refractivity contribution is 5.79. The van der Waals surface area contributed by atoms with Crippen molar-refractivity contribution in [3.63, 3.8) is 0 Å². The molecule has 0 heterocycles. The van der Waals surface area contributed by atoms with E-state index >= 15 is 0 Å². The van der Waals surface area contributed by atoms with Crippen LogP contribution in [0.5, 0.6) is 0 Å². The molecule has 0 bridgehead atoms. The first-order valence-electron chi connectivity index (χ1n) is 6.42. The Morgan fingerprint density at radius 3 is 2.90 bits per heavy atom. The lowest BCUT2D eigenvalue weighted by molar-refractivity contribution is 0.152. The van der Waals surface area contributed by atoms with E-state index in [1.807, 2.05) is 13.0 Å². The van der Waals surface area contributed by atoms with E-state index in [2.05, 4.69) is 15.6 Å². The lowest BCUT2D eigenvalue weighted by Gasteiger charge is -2.12. The summed E-state index contributed by atoms with van der Waals surface area (Å²) in [5.74, 6) is 0.215. The fraction of sp³-hybridized carbons (Fsp3) is 0.429. The molecule has 108 valence electrons. The zero-order chi connectivity index (χ0) is 14.8. The molecule has 20 heavy (non-hydrogen) atoms. The Morgan fingerprint density at radius 1 is 1.45 bits per heavy atom. The zero-order valence-electron chi connectivity index (χ0n) is 11.7. The monoisotopic (exact) mass is 278 g/mol. The van der Waals surface area contributed by atoms with Gasteiger partial charge in [-0.1, -0.05) is 0 Å². The van der Waals surface area contributed by atoms with Crippen LogP contribution in [0.25, 0.3) is 0 Å². The molecule has 0 saturated carbocycles. The van der Waals surface area contributed by atoms with Gasteiger partial charge in [0.05, 0.1) is 18.2 Å². The van der Waals surface area contributed by atoms with Crippen LogP contribution in [0.3, 0.4) is 0 Å². The summed E-state index contributed by atoms with van der Waals surface area (Å²) in [6.45, 7) is 4.05. The molecule has 0 atom stereocenters. The average Bonchev–Trinajstić information content (AvgIpc) is 2.48. The van der Waals surface area contributed by atoms with Gasteiger partial charge in [0.1, 0.15) is 5.82 Å². The van der Waals surface area contributed by atoms with Crippen molar-refractivity contribution in [3.8, 4) is 6.07 Å². The molecule has 2 N–H and O–H groups in total. The topological polar surface area (TPSA) is 69.4 Å². The fourth-order valence-electron chi connectivity index (χ4n) is 1.57. The largest absolute Gasteiger partial charge is 0.380 e. The smallest absolute Gasteiger partial charge is 0.191 e. The van der Waals surface area contributed by atoms with E-state index in [0.717, 1.165) is 0 Å². The lowest BCUT2D eigenvalue weighted by atomic mass is 10.1. The second-order valence-corrected chi connectivity index (χ2v) is 3.97. The Labute approximate surface area is 118 Å². The van der Waals surface area contributed by atoms with Gasteiger partial charge in [-0.25, -0.2) is 4.39 Å². The lowest BCUT2D eigenvalue weighted by Crippen LogP contribution is -2.38. The standard InChI is InChI=1S/C14H19FN4O/c1-3-20-7-6-18-14(17-2)19-10-12-8-11(9-16)4-5-13(12)15/h4-5,8H,3,6-7,10H2,1-2H3,(H2,17,18,19). The first-order chi connectivity index (χ1) is 9.71. The predicted octanol–water partition coefficient (Wildman–Crippen LogP) is 1.40. The molecule has 0 aliphatic carbocycles. The number of hydrogen-bond acceptors (Lipinski definition) is 3. The van der Waals surface area contributed by atoms with Crippen LogP contribution in [0.2, 0.25) is 0 Å². The summed E-state index contributed by atoms with van der Waals surface area (Å²) >= 11 is 0. The SMILES string of the molecule is CCOCCNC(=NC)NCc1cc(C#N)ccc1F. The molecule has 0 amide bonds. The van der Waals surface area contributed by atoms with Crippen molar-refractivity contribution in [2.45, 2.75) is 13.5 Å². The van der Waals surface area contributed by atoms with Gasteiger partial charge in [0.25, 0.3) is 0 Å². The Bertz CT molecular complexity index is 496. The Hall–Kier alpha value is -2.13. The van der Waals surface area contributed by atoms with E-state index in [9.17, 15) is 4.39 Å². The molecule has 6 heteroatoms.